The van der Waals surface area contributed by atoms with Gasteiger partial charge in [-0.2, -0.15) is 0 Å². The average Bonchev–Trinajstić information content (AvgIpc) is 2.51. The Morgan fingerprint density at radius 1 is 1.08 bits per heavy atom. The molecule has 6 heteroatoms. The van der Waals surface area contributed by atoms with Gasteiger partial charge in [-0.1, -0.05) is 39.0 Å². The zero-order valence-electron chi connectivity index (χ0n) is 14.9. The Hall–Kier alpha value is -2.37. The lowest BCUT2D eigenvalue weighted by Gasteiger charge is -2.29. The van der Waals surface area contributed by atoms with E-state index in [4.69, 9.17) is 4.74 Å². The van der Waals surface area contributed by atoms with Crippen molar-refractivity contribution in [2.24, 2.45) is 5.41 Å². The van der Waals surface area contributed by atoms with Crippen LogP contribution in [0.3, 0.4) is 0 Å². The van der Waals surface area contributed by atoms with E-state index in [1.165, 1.54) is 7.11 Å². The number of amides is 2. The minimum Gasteiger partial charge on any atom is -0.467 e. The number of rotatable bonds is 6. The summed E-state index contributed by atoms with van der Waals surface area (Å²) < 4.78 is 4.74. The molecule has 132 valence electrons. The smallest absolute Gasteiger partial charge is 0.328 e. The molecule has 0 radical (unpaired) electrons. The van der Waals surface area contributed by atoms with Gasteiger partial charge in [0.2, 0.25) is 5.91 Å². The van der Waals surface area contributed by atoms with Crippen molar-refractivity contribution in [2.75, 3.05) is 7.11 Å². The Labute approximate surface area is 143 Å². The Balaban J connectivity index is 2.60. The minimum atomic E-state index is -0.743. The molecule has 0 spiro atoms. The molecule has 2 atom stereocenters. The van der Waals surface area contributed by atoms with E-state index in [0.717, 1.165) is 0 Å². The Morgan fingerprint density at radius 3 is 2.17 bits per heavy atom. The first-order valence-corrected chi connectivity index (χ1v) is 7.88. The molecule has 6 nitrogen and oxygen atoms in total. The van der Waals surface area contributed by atoms with E-state index < -0.39 is 17.4 Å². The highest BCUT2D eigenvalue weighted by Gasteiger charge is 2.33. The lowest BCUT2D eigenvalue weighted by molar-refractivity contribution is -0.148. The summed E-state index contributed by atoms with van der Waals surface area (Å²) in [6.45, 7) is 7.27. The van der Waals surface area contributed by atoms with Gasteiger partial charge in [-0.05, 0) is 24.5 Å². The van der Waals surface area contributed by atoms with E-state index >= 15 is 0 Å². The van der Waals surface area contributed by atoms with Crippen molar-refractivity contribution in [3.8, 4) is 0 Å². The van der Waals surface area contributed by atoms with Crippen molar-refractivity contribution in [3.63, 3.8) is 0 Å². The molecular formula is C18H26N2O4. The third kappa shape index (κ3) is 6.02. The molecular weight excluding hydrogens is 308 g/mol. The first-order chi connectivity index (χ1) is 11.1. The van der Waals surface area contributed by atoms with Gasteiger partial charge in [-0.15, -0.1) is 0 Å². The molecule has 0 aliphatic carbocycles. The monoisotopic (exact) mass is 334 g/mol. The maximum absolute atomic E-state index is 12.2. The number of methoxy groups -OCH3 is 1. The predicted octanol–water partition coefficient (Wildman–Crippen LogP) is 1.90. The Morgan fingerprint density at radius 2 is 1.67 bits per heavy atom. The molecule has 0 aliphatic rings. The first-order valence-electron chi connectivity index (χ1n) is 7.88. The fourth-order valence-electron chi connectivity index (χ4n) is 2.19. The quantitative estimate of drug-likeness (QED) is 0.778. The molecule has 2 N–H and O–H groups in total. The number of hydrogen-bond acceptors (Lipinski definition) is 4. The van der Waals surface area contributed by atoms with Gasteiger partial charge in [0.05, 0.1) is 7.11 Å². The summed E-state index contributed by atoms with van der Waals surface area (Å²) in [4.78, 5) is 36.1. The number of ether oxygens (including phenoxy) is 1. The highest BCUT2D eigenvalue weighted by Crippen LogP contribution is 2.20. The third-order valence-electron chi connectivity index (χ3n) is 3.51. The topological polar surface area (TPSA) is 84.5 Å². The number of benzene rings is 1. The van der Waals surface area contributed by atoms with Gasteiger partial charge in [-0.25, -0.2) is 4.79 Å². The second kappa shape index (κ2) is 8.47. The number of nitrogens with one attached hydrogen (secondary N) is 2. The second-order valence-corrected chi connectivity index (χ2v) is 6.83. The molecule has 0 saturated carbocycles. The van der Waals surface area contributed by atoms with Crippen LogP contribution >= 0.6 is 0 Å². The summed E-state index contributed by atoms with van der Waals surface area (Å²) in [6, 6.07) is 7.67. The fraction of sp³-hybridized carbons (Fsp3) is 0.500. The summed E-state index contributed by atoms with van der Waals surface area (Å²) in [6.07, 6.45) is 0.0716. The number of carbonyl (C=O) groups excluding carboxylic acids is 3. The lowest BCUT2D eigenvalue weighted by Crippen LogP contribution is -2.50. The van der Waals surface area contributed by atoms with Crippen LogP contribution in [0.2, 0.25) is 0 Å². The molecule has 0 bridgehead atoms. The van der Waals surface area contributed by atoms with E-state index in [0.29, 0.717) is 5.56 Å². The van der Waals surface area contributed by atoms with Crippen LogP contribution < -0.4 is 10.6 Å². The number of esters is 1. The van der Waals surface area contributed by atoms with E-state index in [9.17, 15) is 14.4 Å². The molecule has 0 heterocycles. The van der Waals surface area contributed by atoms with Crippen LogP contribution in [-0.2, 0) is 14.3 Å². The molecule has 0 fully saturated rings. The molecule has 0 aromatic heterocycles. The van der Waals surface area contributed by atoms with Crippen LogP contribution in [0.25, 0.3) is 0 Å². The van der Waals surface area contributed by atoms with Crippen LogP contribution in [0.5, 0.6) is 0 Å². The van der Waals surface area contributed by atoms with Gasteiger partial charge in [0.25, 0.3) is 5.91 Å². The Bertz CT molecular complexity index is 578. The van der Waals surface area contributed by atoms with Gasteiger partial charge in [0.1, 0.15) is 6.04 Å². The lowest BCUT2D eigenvalue weighted by atomic mass is 9.86. The van der Waals surface area contributed by atoms with Crippen LogP contribution in [0.4, 0.5) is 0 Å². The molecule has 2 amide bonds. The van der Waals surface area contributed by atoms with Gasteiger partial charge >= 0.3 is 5.97 Å². The predicted molar refractivity (Wildman–Crippen MR) is 91.4 cm³/mol. The summed E-state index contributed by atoms with van der Waals surface area (Å²) in [5.74, 6) is -1.05. The molecule has 1 aromatic rings. The van der Waals surface area contributed by atoms with Crippen molar-refractivity contribution in [3.05, 3.63) is 35.9 Å². The minimum absolute atomic E-state index is 0.0716. The first kappa shape index (κ1) is 19.7. The zero-order chi connectivity index (χ0) is 18.3. The van der Waals surface area contributed by atoms with Crippen molar-refractivity contribution in [1.82, 2.24) is 10.6 Å². The fourth-order valence-corrected chi connectivity index (χ4v) is 2.19. The molecule has 1 unspecified atom stereocenters. The van der Waals surface area contributed by atoms with E-state index in [1.807, 2.05) is 26.8 Å². The average molecular weight is 334 g/mol. The van der Waals surface area contributed by atoms with E-state index in [1.54, 1.807) is 31.2 Å². The van der Waals surface area contributed by atoms with Crippen molar-refractivity contribution < 1.29 is 19.1 Å². The van der Waals surface area contributed by atoms with Gasteiger partial charge in [0.15, 0.2) is 0 Å². The van der Waals surface area contributed by atoms with Gasteiger partial charge in [0, 0.05) is 18.0 Å². The summed E-state index contributed by atoms with van der Waals surface area (Å²) in [5.41, 5.74) is 0.0612. The van der Waals surface area contributed by atoms with E-state index in [-0.39, 0.29) is 24.3 Å². The number of carbonyl (C=O) groups is 3. The van der Waals surface area contributed by atoms with Crippen LogP contribution in [-0.4, -0.2) is 37.0 Å². The number of hydrogen-bond donors (Lipinski definition) is 2. The normalized spacial score (nSPS) is 13.5. The SMILES string of the molecule is COC(=O)[C@@H](NC(=O)CC(C)NC(=O)c1ccccc1)C(C)(C)C. The highest BCUT2D eigenvalue weighted by atomic mass is 16.5. The van der Waals surface area contributed by atoms with Gasteiger partial charge < -0.3 is 15.4 Å². The maximum Gasteiger partial charge on any atom is 0.328 e. The maximum atomic E-state index is 12.2. The zero-order valence-corrected chi connectivity index (χ0v) is 14.9. The van der Waals surface area contributed by atoms with Crippen LogP contribution in [0.1, 0.15) is 44.5 Å². The standard InChI is InChI=1S/C18H26N2O4/c1-12(19-16(22)13-9-7-6-8-10-13)11-14(21)20-15(17(23)24-5)18(2,3)4/h6-10,12,15H,11H2,1-5H3,(H,19,22)(H,20,21)/t12?,15-/m1/s1. The Kier molecular flexibility index (Phi) is 6.95. The van der Waals surface area contributed by atoms with Crippen molar-refractivity contribution >= 4 is 17.8 Å². The highest BCUT2D eigenvalue weighted by molar-refractivity contribution is 5.94. The molecule has 1 aromatic carbocycles. The van der Waals surface area contributed by atoms with E-state index in [2.05, 4.69) is 10.6 Å². The van der Waals surface area contributed by atoms with Crippen LogP contribution in [0.15, 0.2) is 30.3 Å². The van der Waals surface area contributed by atoms with Crippen molar-refractivity contribution in [1.29, 1.82) is 0 Å². The summed E-state index contributed by atoms with van der Waals surface area (Å²) in [7, 11) is 1.29. The van der Waals surface area contributed by atoms with Crippen molar-refractivity contribution in [2.45, 2.75) is 46.2 Å². The summed E-state index contributed by atoms with van der Waals surface area (Å²) in [5, 5.41) is 5.45. The largest absolute Gasteiger partial charge is 0.467 e. The molecule has 24 heavy (non-hydrogen) atoms. The molecule has 1 rings (SSSR count). The van der Waals surface area contributed by atoms with Crippen LogP contribution in [0, 0.1) is 5.41 Å². The molecule has 0 aliphatic heterocycles. The second-order valence-electron chi connectivity index (χ2n) is 6.83. The third-order valence-corrected chi connectivity index (χ3v) is 3.51. The van der Waals surface area contributed by atoms with Gasteiger partial charge in [-0.3, -0.25) is 9.59 Å². The molecule has 0 saturated heterocycles. The summed E-state index contributed by atoms with van der Waals surface area (Å²) >= 11 is 0.